The fourth-order valence-electron chi connectivity index (χ4n) is 1.87. The number of rotatable bonds is 5. The third-order valence-corrected chi connectivity index (χ3v) is 3.87. The summed E-state index contributed by atoms with van der Waals surface area (Å²) in [5.41, 5.74) is 6.52. The van der Waals surface area contributed by atoms with Crippen molar-refractivity contribution in [1.82, 2.24) is 24.8 Å². The highest BCUT2D eigenvalue weighted by Gasteiger charge is 2.15. The van der Waals surface area contributed by atoms with Crippen LogP contribution in [0.25, 0.3) is 16.3 Å². The van der Waals surface area contributed by atoms with E-state index in [1.54, 1.807) is 24.0 Å². The molecule has 0 aromatic carbocycles. The van der Waals surface area contributed by atoms with Crippen LogP contribution in [0.2, 0.25) is 0 Å². The third kappa shape index (κ3) is 2.40. The monoisotopic (exact) mass is 290 g/mol. The Hall–Kier alpha value is -1.90. The van der Waals surface area contributed by atoms with E-state index in [2.05, 4.69) is 20.3 Å². The van der Waals surface area contributed by atoms with Gasteiger partial charge in [-0.2, -0.15) is 9.61 Å². The highest BCUT2D eigenvalue weighted by atomic mass is 32.1. The van der Waals surface area contributed by atoms with Crippen LogP contribution in [0.15, 0.2) is 24.5 Å². The second kappa shape index (κ2) is 5.61. The Morgan fingerprint density at radius 2 is 2.35 bits per heavy atom. The van der Waals surface area contributed by atoms with Crippen LogP contribution in [-0.2, 0) is 11.2 Å². The Balaban J connectivity index is 1.95. The van der Waals surface area contributed by atoms with Crippen molar-refractivity contribution >= 4 is 16.3 Å². The lowest BCUT2D eigenvalue weighted by Crippen LogP contribution is -2.24. The zero-order valence-electron chi connectivity index (χ0n) is 10.9. The summed E-state index contributed by atoms with van der Waals surface area (Å²) in [6, 6.07) is 3.79. The quantitative estimate of drug-likeness (QED) is 0.746. The Morgan fingerprint density at radius 3 is 3.05 bits per heavy atom. The summed E-state index contributed by atoms with van der Waals surface area (Å²) in [5, 5.41) is 13.8. The molecule has 3 rings (SSSR count). The predicted octanol–water partition coefficient (Wildman–Crippen LogP) is 0.764. The first-order valence-corrected chi connectivity index (χ1v) is 6.98. The maximum atomic E-state index is 5.63. The number of hydrogen-bond donors (Lipinski definition) is 1. The summed E-state index contributed by atoms with van der Waals surface area (Å²) in [5.74, 6) is 0.692. The van der Waals surface area contributed by atoms with E-state index < -0.39 is 0 Å². The number of aromatic nitrogens is 5. The Labute approximate surface area is 119 Å². The number of fused-ring (bicyclic) bond motifs is 1. The van der Waals surface area contributed by atoms with Gasteiger partial charge in [0.1, 0.15) is 5.01 Å². The molecule has 0 aliphatic rings. The normalized spacial score (nSPS) is 12.9. The molecule has 0 saturated heterocycles. The van der Waals surface area contributed by atoms with Gasteiger partial charge in [0.25, 0.3) is 0 Å². The van der Waals surface area contributed by atoms with Gasteiger partial charge in [-0.1, -0.05) is 11.3 Å². The fraction of sp³-hybridized carbons (Fsp3) is 0.333. The zero-order chi connectivity index (χ0) is 13.9. The highest BCUT2D eigenvalue weighted by Crippen LogP contribution is 2.21. The molecule has 0 aliphatic carbocycles. The molecule has 0 radical (unpaired) electrons. The number of nitrogens with zero attached hydrogens (tertiary/aromatic N) is 5. The van der Waals surface area contributed by atoms with Gasteiger partial charge in [-0.05, 0) is 12.1 Å². The molecule has 0 aliphatic heterocycles. The van der Waals surface area contributed by atoms with Gasteiger partial charge in [0.2, 0.25) is 4.96 Å². The number of pyridine rings is 1. The first kappa shape index (κ1) is 13.1. The zero-order valence-corrected chi connectivity index (χ0v) is 11.7. The molecule has 0 spiro atoms. The molecule has 2 N–H and O–H groups in total. The summed E-state index contributed by atoms with van der Waals surface area (Å²) in [7, 11) is 1.65. The van der Waals surface area contributed by atoms with E-state index in [-0.39, 0.29) is 6.10 Å². The van der Waals surface area contributed by atoms with Crippen molar-refractivity contribution in [2.45, 2.75) is 12.5 Å². The first-order valence-electron chi connectivity index (χ1n) is 6.16. The first-order chi connectivity index (χ1) is 9.81. The van der Waals surface area contributed by atoms with Crippen LogP contribution in [-0.4, -0.2) is 44.6 Å². The van der Waals surface area contributed by atoms with E-state index in [0.29, 0.717) is 18.8 Å². The SMILES string of the molecule is COC(CN)Cc1nn2c(-c3cccnc3)nnc2s1. The Morgan fingerprint density at radius 1 is 1.45 bits per heavy atom. The third-order valence-electron chi connectivity index (χ3n) is 2.95. The van der Waals surface area contributed by atoms with Crippen LogP contribution in [0, 0.1) is 0 Å². The minimum Gasteiger partial charge on any atom is -0.380 e. The molecular weight excluding hydrogens is 276 g/mol. The second-order valence-electron chi connectivity index (χ2n) is 4.25. The van der Waals surface area contributed by atoms with Crippen molar-refractivity contribution in [3.8, 4) is 11.4 Å². The average Bonchev–Trinajstić information content (AvgIpc) is 3.05. The minimum absolute atomic E-state index is 0.0272. The van der Waals surface area contributed by atoms with Gasteiger partial charge >= 0.3 is 0 Å². The van der Waals surface area contributed by atoms with Gasteiger partial charge in [0.05, 0.1) is 6.10 Å². The van der Waals surface area contributed by atoms with Crippen LogP contribution in [0.5, 0.6) is 0 Å². The summed E-state index contributed by atoms with van der Waals surface area (Å²) in [4.78, 5) is 4.84. The van der Waals surface area contributed by atoms with Gasteiger partial charge < -0.3 is 10.5 Å². The van der Waals surface area contributed by atoms with Crippen molar-refractivity contribution < 1.29 is 4.74 Å². The second-order valence-corrected chi connectivity index (χ2v) is 5.29. The number of hydrogen-bond acceptors (Lipinski definition) is 7. The molecule has 8 heteroatoms. The van der Waals surface area contributed by atoms with E-state index in [1.165, 1.54) is 11.3 Å². The maximum Gasteiger partial charge on any atom is 0.234 e. The topological polar surface area (TPSA) is 91.2 Å². The van der Waals surface area contributed by atoms with E-state index in [9.17, 15) is 0 Å². The summed E-state index contributed by atoms with van der Waals surface area (Å²) in [6.07, 6.45) is 4.11. The largest absolute Gasteiger partial charge is 0.380 e. The van der Waals surface area contributed by atoms with Crippen molar-refractivity contribution in [1.29, 1.82) is 0 Å². The van der Waals surface area contributed by atoms with Crippen molar-refractivity contribution in [3.05, 3.63) is 29.5 Å². The lowest BCUT2D eigenvalue weighted by molar-refractivity contribution is 0.110. The van der Waals surface area contributed by atoms with Gasteiger partial charge in [0, 0.05) is 38.0 Å². The average molecular weight is 290 g/mol. The van der Waals surface area contributed by atoms with E-state index in [1.807, 2.05) is 12.1 Å². The Bertz CT molecular complexity index is 690. The van der Waals surface area contributed by atoms with Gasteiger partial charge in [-0.25, -0.2) is 0 Å². The molecule has 3 heterocycles. The molecule has 1 atom stereocenters. The lowest BCUT2D eigenvalue weighted by Gasteiger charge is -2.09. The summed E-state index contributed by atoms with van der Waals surface area (Å²) < 4.78 is 7.01. The molecule has 0 fully saturated rings. The molecule has 0 amide bonds. The molecule has 3 aromatic heterocycles. The van der Waals surface area contributed by atoms with E-state index >= 15 is 0 Å². The van der Waals surface area contributed by atoms with Crippen LogP contribution in [0.3, 0.4) is 0 Å². The number of ether oxygens (including phenoxy) is 1. The summed E-state index contributed by atoms with van der Waals surface area (Å²) >= 11 is 1.49. The van der Waals surface area contributed by atoms with Crippen molar-refractivity contribution in [2.24, 2.45) is 5.73 Å². The molecule has 20 heavy (non-hydrogen) atoms. The molecular formula is C12H14N6OS. The number of methoxy groups -OCH3 is 1. The molecule has 104 valence electrons. The van der Waals surface area contributed by atoms with E-state index in [4.69, 9.17) is 10.5 Å². The summed E-state index contributed by atoms with van der Waals surface area (Å²) in [6.45, 7) is 0.464. The highest BCUT2D eigenvalue weighted by molar-refractivity contribution is 7.16. The van der Waals surface area contributed by atoms with Crippen LogP contribution in [0.4, 0.5) is 0 Å². The fourth-order valence-corrected chi connectivity index (χ4v) is 2.77. The molecule has 0 saturated carbocycles. The molecule has 7 nitrogen and oxygen atoms in total. The van der Waals surface area contributed by atoms with Crippen molar-refractivity contribution in [2.75, 3.05) is 13.7 Å². The number of nitrogens with two attached hydrogens (primary N) is 1. The van der Waals surface area contributed by atoms with Gasteiger partial charge in [-0.15, -0.1) is 10.2 Å². The van der Waals surface area contributed by atoms with E-state index in [0.717, 1.165) is 15.5 Å². The molecule has 0 bridgehead atoms. The van der Waals surface area contributed by atoms with Gasteiger partial charge in [-0.3, -0.25) is 4.98 Å². The van der Waals surface area contributed by atoms with Crippen LogP contribution in [0.1, 0.15) is 5.01 Å². The molecule has 3 aromatic rings. The minimum atomic E-state index is -0.0272. The van der Waals surface area contributed by atoms with Crippen LogP contribution < -0.4 is 5.73 Å². The van der Waals surface area contributed by atoms with Crippen molar-refractivity contribution in [3.63, 3.8) is 0 Å². The van der Waals surface area contributed by atoms with Gasteiger partial charge in [0.15, 0.2) is 5.82 Å². The Kier molecular flexibility index (Phi) is 3.68. The lowest BCUT2D eigenvalue weighted by atomic mass is 10.2. The smallest absolute Gasteiger partial charge is 0.234 e. The predicted molar refractivity (Wildman–Crippen MR) is 75.4 cm³/mol. The molecule has 1 unspecified atom stereocenters. The van der Waals surface area contributed by atoms with Crippen LogP contribution >= 0.6 is 11.3 Å². The standard InChI is InChI=1S/C12H14N6OS/c1-19-9(6-13)5-10-17-18-11(15-16-12(18)20-10)8-3-2-4-14-7-8/h2-4,7,9H,5-6,13H2,1H3. The maximum absolute atomic E-state index is 5.63.